The number of aliphatic carboxylic acids is 1. The van der Waals surface area contributed by atoms with Crippen molar-refractivity contribution in [2.75, 3.05) is 19.6 Å². The number of carboxylic acids is 1. The average molecular weight is 590 g/mol. The van der Waals surface area contributed by atoms with Gasteiger partial charge in [-0.15, -0.1) is 0 Å². The third-order valence-electron chi connectivity index (χ3n) is 6.45. The molecule has 2 heterocycles. The van der Waals surface area contributed by atoms with E-state index in [0.717, 1.165) is 4.90 Å². The Morgan fingerprint density at radius 1 is 1.02 bits per heavy atom. The maximum absolute atomic E-state index is 13.0. The molecule has 1 aromatic carbocycles. The van der Waals surface area contributed by atoms with Gasteiger partial charge in [0.15, 0.2) is 6.10 Å². The van der Waals surface area contributed by atoms with Crippen LogP contribution in [0.15, 0.2) is 30.4 Å². The molecule has 4 amide bonds. The Kier molecular flexibility index (Phi) is 12.0. The molecule has 3 atom stereocenters. The second kappa shape index (κ2) is 15.6. The quantitative estimate of drug-likeness (QED) is 0.126. The first-order chi connectivity index (χ1) is 20.0. The van der Waals surface area contributed by atoms with Gasteiger partial charge in [-0.3, -0.25) is 28.9 Å². The minimum absolute atomic E-state index is 0.00220. The second-order valence-corrected chi connectivity index (χ2v) is 9.82. The lowest BCUT2D eigenvalue weighted by Crippen LogP contribution is -2.42. The van der Waals surface area contributed by atoms with E-state index >= 15 is 0 Å². The van der Waals surface area contributed by atoms with Crippen molar-refractivity contribution in [2.45, 2.75) is 70.6 Å². The summed E-state index contributed by atoms with van der Waals surface area (Å²) in [4.78, 5) is 71.9. The molecule has 42 heavy (non-hydrogen) atoms. The summed E-state index contributed by atoms with van der Waals surface area (Å²) in [6, 6.07) is 4.49. The van der Waals surface area contributed by atoms with E-state index in [1.807, 2.05) is 0 Å². The fraction of sp³-hybridized carbons (Fsp3) is 0.500. The van der Waals surface area contributed by atoms with Crippen LogP contribution in [0.2, 0.25) is 0 Å². The molecule has 14 nitrogen and oxygen atoms in total. The highest BCUT2D eigenvalue weighted by Gasteiger charge is 2.34. The number of aliphatic hydroxyl groups is 1. The summed E-state index contributed by atoms with van der Waals surface area (Å²) in [5, 5.41) is 24.7. The number of hydrogen-bond donors (Lipinski definition) is 4. The molecule has 1 fully saturated rings. The van der Waals surface area contributed by atoms with E-state index in [1.54, 1.807) is 6.07 Å². The van der Waals surface area contributed by atoms with Gasteiger partial charge in [0.1, 0.15) is 12.4 Å². The van der Waals surface area contributed by atoms with E-state index in [2.05, 4.69) is 10.6 Å². The molecule has 1 aromatic rings. The van der Waals surface area contributed by atoms with Crippen molar-refractivity contribution < 1.29 is 53.2 Å². The summed E-state index contributed by atoms with van der Waals surface area (Å²) < 4.78 is 16.2. The van der Waals surface area contributed by atoms with Crippen molar-refractivity contribution in [2.24, 2.45) is 0 Å². The topological polar surface area (TPSA) is 198 Å². The van der Waals surface area contributed by atoms with Crippen LogP contribution in [0.3, 0.4) is 0 Å². The van der Waals surface area contributed by atoms with Crippen LogP contribution in [-0.2, 0) is 40.1 Å². The van der Waals surface area contributed by atoms with Crippen molar-refractivity contribution in [3.05, 3.63) is 41.5 Å². The summed E-state index contributed by atoms with van der Waals surface area (Å²) >= 11 is 0. The van der Waals surface area contributed by atoms with Crippen LogP contribution in [0.5, 0.6) is 5.75 Å². The molecule has 14 heteroatoms. The van der Waals surface area contributed by atoms with Gasteiger partial charge in [0.05, 0.1) is 11.7 Å². The van der Waals surface area contributed by atoms with Gasteiger partial charge in [0.25, 0.3) is 17.7 Å². The number of carbonyl (C=O) groups excluding carboxylic acids is 5. The van der Waals surface area contributed by atoms with Crippen molar-refractivity contribution >= 4 is 35.6 Å². The number of carboxylic acid groups (broad SMARTS) is 1. The number of amides is 4. The van der Waals surface area contributed by atoms with Crippen molar-refractivity contribution in [3.8, 4) is 5.75 Å². The zero-order chi connectivity index (χ0) is 30.6. The van der Waals surface area contributed by atoms with Crippen LogP contribution in [0.4, 0.5) is 0 Å². The Bertz CT molecular complexity index is 1200. The predicted molar refractivity (Wildman–Crippen MR) is 144 cm³/mol. The Morgan fingerprint density at radius 3 is 2.43 bits per heavy atom. The molecule has 3 rings (SSSR count). The summed E-state index contributed by atoms with van der Waals surface area (Å²) in [7, 11) is 0. The predicted octanol–water partition coefficient (Wildman–Crippen LogP) is 0.411. The fourth-order valence-electron chi connectivity index (χ4n) is 4.31. The van der Waals surface area contributed by atoms with Crippen LogP contribution < -0.4 is 15.4 Å². The summed E-state index contributed by atoms with van der Waals surface area (Å²) in [5.41, 5.74) is 0.561. The standard InChI is InChI=1S/C28H35N3O11/c1-17(32)40-16-18-6-7-21(41-26-15-19(33)14-22(42-26)28(38)39)20(13-18)27(37)30-11-10-29-23(34)5-3-2-4-12-31-24(35)8-9-25(31)36/h6-9,13,19,22,26,33H,2-5,10-12,14-16H2,1H3,(H,29,34)(H,30,37)(H,38,39)/t19?,22-,26?/m0/s1. The molecular formula is C28H35N3O11. The van der Waals surface area contributed by atoms with Gasteiger partial charge >= 0.3 is 11.9 Å². The first-order valence-electron chi connectivity index (χ1n) is 13.6. The Labute approximate surface area is 242 Å². The largest absolute Gasteiger partial charge is 0.479 e. The van der Waals surface area contributed by atoms with E-state index in [0.29, 0.717) is 31.4 Å². The number of nitrogens with one attached hydrogen (secondary N) is 2. The summed E-state index contributed by atoms with van der Waals surface area (Å²) in [5.74, 6) is -3.12. The highest BCUT2D eigenvalue weighted by Crippen LogP contribution is 2.27. The third kappa shape index (κ3) is 9.96. The smallest absolute Gasteiger partial charge is 0.333 e. The number of rotatable bonds is 15. The van der Waals surface area contributed by atoms with Crippen LogP contribution in [0.25, 0.3) is 0 Å². The van der Waals surface area contributed by atoms with E-state index in [-0.39, 0.29) is 68.0 Å². The normalized spacial score (nSPS) is 19.9. The number of ether oxygens (including phenoxy) is 3. The van der Waals surface area contributed by atoms with E-state index < -0.39 is 36.3 Å². The number of unbranched alkanes of at least 4 members (excludes halogenated alkanes) is 2. The summed E-state index contributed by atoms with van der Waals surface area (Å²) in [6.07, 6.45) is 1.08. The monoisotopic (exact) mass is 589 g/mol. The molecule has 0 aliphatic carbocycles. The van der Waals surface area contributed by atoms with Gasteiger partial charge in [-0.05, 0) is 30.5 Å². The van der Waals surface area contributed by atoms with Gasteiger partial charge in [-0.25, -0.2) is 4.79 Å². The zero-order valence-electron chi connectivity index (χ0n) is 23.2. The van der Waals surface area contributed by atoms with Crippen LogP contribution in [-0.4, -0.2) is 88.8 Å². The molecule has 1 saturated heterocycles. The molecule has 0 aromatic heterocycles. The fourth-order valence-corrected chi connectivity index (χ4v) is 4.31. The van der Waals surface area contributed by atoms with Crippen LogP contribution >= 0.6 is 0 Å². The van der Waals surface area contributed by atoms with Gasteiger partial charge in [0, 0.05) is 58.0 Å². The van der Waals surface area contributed by atoms with Gasteiger partial charge in [-0.2, -0.15) is 0 Å². The van der Waals surface area contributed by atoms with E-state index in [1.165, 1.54) is 31.2 Å². The number of benzene rings is 1. The van der Waals surface area contributed by atoms with E-state index in [4.69, 9.17) is 14.2 Å². The van der Waals surface area contributed by atoms with Gasteiger partial charge < -0.3 is 35.1 Å². The summed E-state index contributed by atoms with van der Waals surface area (Å²) in [6.45, 7) is 1.70. The first kappa shape index (κ1) is 32.2. The van der Waals surface area contributed by atoms with Gasteiger partial charge in [0.2, 0.25) is 12.2 Å². The number of hydrogen-bond acceptors (Lipinski definition) is 10. The van der Waals surface area contributed by atoms with Crippen molar-refractivity contribution in [1.82, 2.24) is 15.5 Å². The lowest BCUT2D eigenvalue weighted by atomic mass is 10.0. The molecular weight excluding hydrogens is 554 g/mol. The molecule has 2 aliphatic heterocycles. The lowest BCUT2D eigenvalue weighted by molar-refractivity contribution is -0.195. The molecule has 0 spiro atoms. The maximum Gasteiger partial charge on any atom is 0.333 e. The highest BCUT2D eigenvalue weighted by atomic mass is 16.7. The van der Waals surface area contributed by atoms with Gasteiger partial charge in [-0.1, -0.05) is 12.5 Å². The van der Waals surface area contributed by atoms with Crippen LogP contribution in [0, 0.1) is 0 Å². The van der Waals surface area contributed by atoms with E-state index in [9.17, 15) is 39.0 Å². The minimum Gasteiger partial charge on any atom is -0.479 e. The molecule has 2 unspecified atom stereocenters. The van der Waals surface area contributed by atoms with Crippen molar-refractivity contribution in [1.29, 1.82) is 0 Å². The van der Waals surface area contributed by atoms with Crippen molar-refractivity contribution in [3.63, 3.8) is 0 Å². The number of imide groups is 1. The molecule has 0 bridgehead atoms. The highest BCUT2D eigenvalue weighted by molar-refractivity contribution is 6.12. The third-order valence-corrected chi connectivity index (χ3v) is 6.45. The molecule has 228 valence electrons. The Hall–Kier alpha value is -4.30. The number of carbonyl (C=O) groups is 6. The Balaban J connectivity index is 1.47. The number of nitrogens with zero attached hydrogens (tertiary/aromatic N) is 1. The molecule has 2 aliphatic rings. The zero-order valence-corrected chi connectivity index (χ0v) is 23.2. The molecule has 0 radical (unpaired) electrons. The minimum atomic E-state index is -1.27. The maximum atomic E-state index is 13.0. The first-order valence-corrected chi connectivity index (χ1v) is 13.6. The van der Waals surface area contributed by atoms with Crippen LogP contribution in [0.1, 0.15) is 61.4 Å². The number of aliphatic hydroxyl groups excluding tert-OH is 1. The number of esters is 1. The average Bonchev–Trinajstić information content (AvgIpc) is 3.26. The SMILES string of the molecule is CC(=O)OCc1ccc(OC2CC(O)C[C@@H](C(=O)O)O2)c(C(=O)NCCNC(=O)CCCCCN2C(=O)C=CC2=O)c1. The second-order valence-electron chi connectivity index (χ2n) is 9.82. The Morgan fingerprint density at radius 2 is 1.74 bits per heavy atom. The lowest BCUT2D eigenvalue weighted by Gasteiger charge is -2.31. The molecule has 4 N–H and O–H groups in total. The molecule has 0 saturated carbocycles.